The highest BCUT2D eigenvalue weighted by atomic mass is 16.1. The quantitative estimate of drug-likeness (QED) is 0.802. The summed E-state index contributed by atoms with van der Waals surface area (Å²) in [6.45, 7) is 2.22. The van der Waals surface area contributed by atoms with Gasteiger partial charge in [-0.3, -0.25) is 4.79 Å². The monoisotopic (exact) mass is 246 g/mol. The molecule has 0 spiro atoms. The molecule has 1 saturated carbocycles. The highest BCUT2D eigenvalue weighted by Gasteiger charge is 2.24. The smallest absolute Gasteiger partial charge is 0.220 e. The fourth-order valence-electron chi connectivity index (χ4n) is 2.65. The molecule has 0 radical (unpaired) electrons. The van der Waals surface area contributed by atoms with Crippen molar-refractivity contribution in [1.82, 2.24) is 5.32 Å². The van der Waals surface area contributed by atoms with Crippen LogP contribution in [0, 0.1) is 5.92 Å². The van der Waals surface area contributed by atoms with Crippen LogP contribution in [-0.4, -0.2) is 11.9 Å². The minimum atomic E-state index is 0.163. The number of anilines is 1. The summed E-state index contributed by atoms with van der Waals surface area (Å²) in [6, 6.07) is 8.14. The zero-order valence-electron chi connectivity index (χ0n) is 11.0. The second kappa shape index (κ2) is 5.89. The molecule has 3 heteroatoms. The molecule has 3 N–H and O–H groups in total. The van der Waals surface area contributed by atoms with Gasteiger partial charge in [0.15, 0.2) is 0 Å². The Morgan fingerprint density at radius 2 is 2.28 bits per heavy atom. The highest BCUT2D eigenvalue weighted by Crippen LogP contribution is 2.24. The summed E-state index contributed by atoms with van der Waals surface area (Å²) in [5.74, 6) is 0.789. The summed E-state index contributed by atoms with van der Waals surface area (Å²) in [6.07, 6.45) is 4.91. The zero-order chi connectivity index (χ0) is 13.0. The fraction of sp³-hybridized carbons (Fsp3) is 0.533. The lowest BCUT2D eigenvalue weighted by Gasteiger charge is -2.17. The Morgan fingerprint density at radius 1 is 1.44 bits per heavy atom. The molecule has 0 aromatic heterocycles. The van der Waals surface area contributed by atoms with Crippen LogP contribution in [0.2, 0.25) is 0 Å². The van der Waals surface area contributed by atoms with Crippen LogP contribution in [0.5, 0.6) is 0 Å². The number of hydrogen-bond acceptors (Lipinski definition) is 2. The second-order valence-corrected chi connectivity index (χ2v) is 5.33. The van der Waals surface area contributed by atoms with E-state index in [1.54, 1.807) is 0 Å². The first-order chi connectivity index (χ1) is 8.65. The van der Waals surface area contributed by atoms with Gasteiger partial charge in [0.1, 0.15) is 0 Å². The van der Waals surface area contributed by atoms with Gasteiger partial charge in [0.2, 0.25) is 5.91 Å². The molecule has 2 atom stereocenters. The van der Waals surface area contributed by atoms with Gasteiger partial charge < -0.3 is 11.1 Å². The van der Waals surface area contributed by atoms with Crippen molar-refractivity contribution >= 4 is 11.6 Å². The Morgan fingerprint density at radius 3 is 2.94 bits per heavy atom. The van der Waals surface area contributed by atoms with Gasteiger partial charge in [-0.1, -0.05) is 25.5 Å². The summed E-state index contributed by atoms with van der Waals surface area (Å²) >= 11 is 0. The van der Waals surface area contributed by atoms with E-state index in [1.807, 2.05) is 24.3 Å². The normalized spacial score (nSPS) is 22.9. The second-order valence-electron chi connectivity index (χ2n) is 5.33. The van der Waals surface area contributed by atoms with Gasteiger partial charge in [0.05, 0.1) is 0 Å². The molecule has 18 heavy (non-hydrogen) atoms. The Bertz CT molecular complexity index is 417. The van der Waals surface area contributed by atoms with Gasteiger partial charge in [-0.25, -0.2) is 0 Å². The van der Waals surface area contributed by atoms with Crippen LogP contribution in [0.3, 0.4) is 0 Å². The van der Waals surface area contributed by atoms with E-state index >= 15 is 0 Å². The number of benzene rings is 1. The average Bonchev–Trinajstić information content (AvgIpc) is 2.73. The summed E-state index contributed by atoms with van der Waals surface area (Å²) in [5.41, 5.74) is 7.61. The SMILES string of the molecule is CC1CCCC1NC(=O)CCc1cccc(N)c1. The van der Waals surface area contributed by atoms with E-state index in [0.717, 1.165) is 24.1 Å². The summed E-state index contributed by atoms with van der Waals surface area (Å²) in [5, 5.41) is 3.14. The molecule has 3 nitrogen and oxygen atoms in total. The number of carbonyl (C=O) groups is 1. The molecule has 1 aliphatic carbocycles. The van der Waals surface area contributed by atoms with Crippen molar-refractivity contribution < 1.29 is 4.79 Å². The van der Waals surface area contributed by atoms with Gasteiger partial charge in [-0.05, 0) is 42.9 Å². The molecule has 0 heterocycles. The van der Waals surface area contributed by atoms with Crippen LogP contribution >= 0.6 is 0 Å². The molecule has 1 fully saturated rings. The number of nitrogen functional groups attached to an aromatic ring is 1. The zero-order valence-corrected chi connectivity index (χ0v) is 11.0. The lowest BCUT2D eigenvalue weighted by molar-refractivity contribution is -0.121. The first-order valence-electron chi connectivity index (χ1n) is 6.79. The third-order valence-electron chi connectivity index (χ3n) is 3.80. The Kier molecular flexibility index (Phi) is 4.24. The van der Waals surface area contributed by atoms with E-state index in [4.69, 9.17) is 5.73 Å². The Balaban J connectivity index is 1.78. The maximum atomic E-state index is 11.9. The molecule has 2 unspecified atom stereocenters. The number of nitrogens with two attached hydrogens (primary N) is 1. The van der Waals surface area contributed by atoms with E-state index in [1.165, 1.54) is 12.8 Å². The van der Waals surface area contributed by atoms with Gasteiger partial charge in [0, 0.05) is 18.2 Å². The number of hydrogen-bond donors (Lipinski definition) is 2. The molecule has 1 amide bonds. The molecule has 1 aromatic carbocycles. The fourth-order valence-corrected chi connectivity index (χ4v) is 2.65. The molecule has 2 rings (SSSR count). The largest absolute Gasteiger partial charge is 0.399 e. The van der Waals surface area contributed by atoms with Gasteiger partial charge in [0.25, 0.3) is 0 Å². The van der Waals surface area contributed by atoms with E-state index in [2.05, 4.69) is 12.2 Å². The third-order valence-corrected chi connectivity index (χ3v) is 3.80. The van der Waals surface area contributed by atoms with Crippen LogP contribution < -0.4 is 11.1 Å². The third kappa shape index (κ3) is 3.49. The first-order valence-corrected chi connectivity index (χ1v) is 6.79. The van der Waals surface area contributed by atoms with E-state index in [-0.39, 0.29) is 5.91 Å². The summed E-state index contributed by atoms with van der Waals surface area (Å²) in [7, 11) is 0. The van der Waals surface area contributed by atoms with Crippen LogP contribution in [0.15, 0.2) is 24.3 Å². The van der Waals surface area contributed by atoms with Gasteiger partial charge in [-0.15, -0.1) is 0 Å². The molecule has 0 saturated heterocycles. The molecule has 1 aromatic rings. The number of aryl methyl sites for hydroxylation is 1. The molecular formula is C15H22N2O. The van der Waals surface area contributed by atoms with Crippen LogP contribution in [0.1, 0.15) is 38.2 Å². The summed E-state index contributed by atoms with van der Waals surface area (Å²) in [4.78, 5) is 11.9. The first kappa shape index (κ1) is 12.9. The number of carbonyl (C=O) groups excluding carboxylic acids is 1. The van der Waals surface area contributed by atoms with Crippen molar-refractivity contribution in [2.24, 2.45) is 5.92 Å². The van der Waals surface area contributed by atoms with Crippen molar-refractivity contribution in [3.05, 3.63) is 29.8 Å². The molecule has 0 aliphatic heterocycles. The van der Waals surface area contributed by atoms with Crippen molar-refractivity contribution in [2.75, 3.05) is 5.73 Å². The van der Waals surface area contributed by atoms with Crippen LogP contribution in [-0.2, 0) is 11.2 Å². The van der Waals surface area contributed by atoms with Gasteiger partial charge >= 0.3 is 0 Å². The predicted octanol–water partition coefficient (Wildman–Crippen LogP) is 2.51. The number of rotatable bonds is 4. The lowest BCUT2D eigenvalue weighted by Crippen LogP contribution is -2.36. The molecule has 0 bridgehead atoms. The topological polar surface area (TPSA) is 55.1 Å². The van der Waals surface area contributed by atoms with E-state index in [9.17, 15) is 4.79 Å². The van der Waals surface area contributed by atoms with Crippen LogP contribution in [0.4, 0.5) is 5.69 Å². The molecule has 1 aliphatic rings. The maximum Gasteiger partial charge on any atom is 0.220 e. The van der Waals surface area contributed by atoms with Crippen molar-refractivity contribution in [1.29, 1.82) is 0 Å². The van der Waals surface area contributed by atoms with Crippen LogP contribution in [0.25, 0.3) is 0 Å². The van der Waals surface area contributed by atoms with Crippen molar-refractivity contribution in [3.8, 4) is 0 Å². The number of nitrogens with one attached hydrogen (secondary N) is 1. The molecule has 98 valence electrons. The minimum absolute atomic E-state index is 0.163. The lowest BCUT2D eigenvalue weighted by atomic mass is 10.1. The standard InChI is InChI=1S/C15H22N2O/c1-11-4-2-7-14(11)17-15(18)9-8-12-5-3-6-13(16)10-12/h3,5-6,10-11,14H,2,4,7-9,16H2,1H3,(H,17,18). The van der Waals surface area contributed by atoms with E-state index < -0.39 is 0 Å². The summed E-state index contributed by atoms with van der Waals surface area (Å²) < 4.78 is 0. The maximum absolute atomic E-state index is 11.9. The molecular weight excluding hydrogens is 224 g/mol. The Hall–Kier alpha value is -1.51. The number of amides is 1. The van der Waals surface area contributed by atoms with E-state index in [0.29, 0.717) is 18.4 Å². The highest BCUT2D eigenvalue weighted by molar-refractivity contribution is 5.76. The Labute approximate surface area is 109 Å². The van der Waals surface area contributed by atoms with Crippen molar-refractivity contribution in [3.63, 3.8) is 0 Å². The average molecular weight is 246 g/mol. The predicted molar refractivity (Wildman–Crippen MR) is 74.1 cm³/mol. The minimum Gasteiger partial charge on any atom is -0.399 e. The van der Waals surface area contributed by atoms with Gasteiger partial charge in [-0.2, -0.15) is 0 Å². The van der Waals surface area contributed by atoms with Crippen molar-refractivity contribution in [2.45, 2.75) is 45.1 Å².